The molecule has 0 aliphatic heterocycles. The molecule has 0 saturated heterocycles. The molecule has 1 aromatic carbocycles. The molecule has 0 saturated carbocycles. The summed E-state index contributed by atoms with van der Waals surface area (Å²) >= 11 is 5.81. The summed E-state index contributed by atoms with van der Waals surface area (Å²) in [6.07, 6.45) is -2.10. The molecule has 116 valence electrons. The molecule has 0 atom stereocenters. The van der Waals surface area contributed by atoms with E-state index in [0.717, 1.165) is 5.01 Å². The summed E-state index contributed by atoms with van der Waals surface area (Å²) in [4.78, 5) is 23.7. The maximum Gasteiger partial charge on any atom is 0.433 e. The fourth-order valence-electron chi connectivity index (χ4n) is 1.39. The van der Waals surface area contributed by atoms with Gasteiger partial charge in [0, 0.05) is 5.02 Å². The van der Waals surface area contributed by atoms with Crippen molar-refractivity contribution >= 4 is 29.5 Å². The van der Waals surface area contributed by atoms with E-state index in [9.17, 15) is 9.59 Å². The van der Waals surface area contributed by atoms with Gasteiger partial charge in [0.1, 0.15) is 0 Å². The molecule has 0 fully saturated rings. The average Bonchev–Trinajstić information content (AvgIpc) is 2.35. The molecule has 0 aromatic heterocycles. The van der Waals surface area contributed by atoms with Crippen molar-refractivity contribution in [1.29, 1.82) is 0 Å². The Morgan fingerprint density at radius 1 is 1.05 bits per heavy atom. The second-order valence-electron chi connectivity index (χ2n) is 4.81. The van der Waals surface area contributed by atoms with Crippen molar-refractivity contribution in [3.05, 3.63) is 29.3 Å². The lowest BCUT2D eigenvalue weighted by molar-refractivity contribution is 0.103. The maximum absolute atomic E-state index is 12.1. The average molecular weight is 315 g/mol. The van der Waals surface area contributed by atoms with Crippen molar-refractivity contribution in [3.8, 4) is 0 Å². The molecule has 0 aliphatic carbocycles. The zero-order valence-corrected chi connectivity index (χ0v) is 13.2. The molecule has 1 aromatic rings. The van der Waals surface area contributed by atoms with Crippen LogP contribution in [0.25, 0.3) is 0 Å². The quantitative estimate of drug-likeness (QED) is 0.863. The minimum Gasteiger partial charge on any atom is -0.446 e. The monoisotopic (exact) mass is 314 g/mol. The molecule has 7 heteroatoms. The van der Waals surface area contributed by atoms with E-state index >= 15 is 0 Å². The molecular weight excluding hydrogens is 296 g/mol. The standard InChI is InChI=1S/C14H19ClN2O4/c1-9(2)20-13(18)16-17(14(19)21-10(3)4)12-7-5-11(15)6-8-12/h5-10H,1-4H3,(H,16,18). The zero-order valence-electron chi connectivity index (χ0n) is 12.4. The summed E-state index contributed by atoms with van der Waals surface area (Å²) in [7, 11) is 0. The van der Waals surface area contributed by atoms with Crippen LogP contribution in [-0.4, -0.2) is 24.4 Å². The highest BCUT2D eigenvalue weighted by Gasteiger charge is 2.22. The van der Waals surface area contributed by atoms with Gasteiger partial charge < -0.3 is 9.47 Å². The van der Waals surface area contributed by atoms with Crippen LogP contribution in [0.1, 0.15) is 27.7 Å². The highest BCUT2D eigenvalue weighted by Crippen LogP contribution is 2.18. The van der Waals surface area contributed by atoms with Gasteiger partial charge in [0.05, 0.1) is 17.9 Å². The summed E-state index contributed by atoms with van der Waals surface area (Å²) in [6, 6.07) is 6.36. The summed E-state index contributed by atoms with van der Waals surface area (Å²) in [5.41, 5.74) is 2.75. The number of carbonyl (C=O) groups is 2. The minimum absolute atomic E-state index is 0.307. The molecule has 0 spiro atoms. The van der Waals surface area contributed by atoms with Crippen LogP contribution in [0.2, 0.25) is 5.02 Å². The van der Waals surface area contributed by atoms with Gasteiger partial charge in [0.15, 0.2) is 0 Å². The molecule has 0 radical (unpaired) electrons. The van der Waals surface area contributed by atoms with Gasteiger partial charge >= 0.3 is 12.2 Å². The summed E-state index contributed by atoms with van der Waals surface area (Å²) in [5, 5.41) is 1.49. The Balaban J connectivity index is 2.91. The van der Waals surface area contributed by atoms with Gasteiger partial charge in [-0.2, -0.15) is 5.01 Å². The molecule has 0 bridgehead atoms. The third-order valence-electron chi connectivity index (χ3n) is 2.15. The van der Waals surface area contributed by atoms with Crippen LogP contribution in [-0.2, 0) is 9.47 Å². The Labute approximate surface area is 128 Å². The Bertz CT molecular complexity index is 488. The number of anilines is 1. The van der Waals surface area contributed by atoms with Gasteiger partial charge in [-0.25, -0.2) is 15.0 Å². The van der Waals surface area contributed by atoms with Crippen molar-refractivity contribution < 1.29 is 19.1 Å². The van der Waals surface area contributed by atoms with Gasteiger partial charge in [-0.15, -0.1) is 0 Å². The number of hydrogen-bond acceptors (Lipinski definition) is 4. The number of benzene rings is 1. The normalized spacial score (nSPS) is 10.4. The van der Waals surface area contributed by atoms with E-state index in [1.54, 1.807) is 52.0 Å². The number of carbonyl (C=O) groups excluding carboxylic acids is 2. The molecule has 0 heterocycles. The zero-order chi connectivity index (χ0) is 16.0. The van der Waals surface area contributed by atoms with E-state index in [-0.39, 0.29) is 12.2 Å². The number of nitrogens with zero attached hydrogens (tertiary/aromatic N) is 1. The lowest BCUT2D eigenvalue weighted by Gasteiger charge is -2.24. The first kappa shape index (κ1) is 17.1. The third-order valence-corrected chi connectivity index (χ3v) is 2.40. The van der Waals surface area contributed by atoms with E-state index in [0.29, 0.717) is 10.7 Å². The third kappa shape index (κ3) is 5.91. The van der Waals surface area contributed by atoms with Gasteiger partial charge in [-0.3, -0.25) is 0 Å². The number of nitrogens with one attached hydrogen (secondary N) is 1. The van der Waals surface area contributed by atoms with E-state index in [1.807, 2.05) is 0 Å². The van der Waals surface area contributed by atoms with Crippen LogP contribution in [0.15, 0.2) is 24.3 Å². The van der Waals surface area contributed by atoms with Crippen LogP contribution < -0.4 is 10.4 Å². The highest BCUT2D eigenvalue weighted by molar-refractivity contribution is 6.30. The molecule has 2 amide bonds. The van der Waals surface area contributed by atoms with Gasteiger partial charge in [-0.1, -0.05) is 11.6 Å². The van der Waals surface area contributed by atoms with Crippen molar-refractivity contribution in [2.24, 2.45) is 0 Å². The number of ether oxygens (including phenoxy) is 2. The van der Waals surface area contributed by atoms with Crippen LogP contribution in [0, 0.1) is 0 Å². The molecule has 1 N–H and O–H groups in total. The predicted octanol–water partition coefficient (Wildman–Crippen LogP) is 3.74. The van der Waals surface area contributed by atoms with Gasteiger partial charge in [0.2, 0.25) is 0 Å². The van der Waals surface area contributed by atoms with E-state index < -0.39 is 12.2 Å². The molecular formula is C14H19ClN2O4. The molecule has 1 rings (SSSR count). The van der Waals surface area contributed by atoms with E-state index in [1.165, 1.54) is 0 Å². The highest BCUT2D eigenvalue weighted by atomic mass is 35.5. The smallest absolute Gasteiger partial charge is 0.433 e. The van der Waals surface area contributed by atoms with Gasteiger partial charge in [0.25, 0.3) is 0 Å². The van der Waals surface area contributed by atoms with E-state index in [4.69, 9.17) is 21.1 Å². The van der Waals surface area contributed by atoms with Crippen molar-refractivity contribution in [2.75, 3.05) is 5.01 Å². The number of halogens is 1. The molecule has 6 nitrogen and oxygen atoms in total. The number of amides is 2. The first-order valence-electron chi connectivity index (χ1n) is 6.53. The van der Waals surface area contributed by atoms with E-state index in [2.05, 4.69) is 5.43 Å². The summed E-state index contributed by atoms with van der Waals surface area (Å²) < 4.78 is 10.0. The second-order valence-corrected chi connectivity index (χ2v) is 5.25. The summed E-state index contributed by atoms with van der Waals surface area (Å²) in [6.45, 7) is 6.84. The largest absolute Gasteiger partial charge is 0.446 e. The topological polar surface area (TPSA) is 67.9 Å². The second kappa shape index (κ2) is 7.73. The number of hydrazine groups is 1. The Morgan fingerprint density at radius 3 is 2.05 bits per heavy atom. The Hall–Kier alpha value is -1.95. The van der Waals surface area contributed by atoms with Crippen LogP contribution in [0.3, 0.4) is 0 Å². The summed E-state index contributed by atoms with van der Waals surface area (Å²) in [5.74, 6) is 0. The van der Waals surface area contributed by atoms with Crippen LogP contribution in [0.5, 0.6) is 0 Å². The van der Waals surface area contributed by atoms with Crippen molar-refractivity contribution in [1.82, 2.24) is 5.43 Å². The SMILES string of the molecule is CC(C)OC(=O)NN(C(=O)OC(C)C)c1ccc(Cl)cc1. The first-order chi connectivity index (χ1) is 9.79. The van der Waals surface area contributed by atoms with Gasteiger partial charge in [-0.05, 0) is 52.0 Å². The lowest BCUT2D eigenvalue weighted by Crippen LogP contribution is -2.48. The Morgan fingerprint density at radius 2 is 1.57 bits per heavy atom. The fourth-order valence-corrected chi connectivity index (χ4v) is 1.52. The maximum atomic E-state index is 12.1. The van der Waals surface area contributed by atoms with Crippen molar-refractivity contribution in [2.45, 2.75) is 39.9 Å². The number of hydrogen-bond donors (Lipinski definition) is 1. The first-order valence-corrected chi connectivity index (χ1v) is 6.91. The van der Waals surface area contributed by atoms with Crippen LogP contribution in [0.4, 0.5) is 15.3 Å². The Kier molecular flexibility index (Phi) is 6.30. The fraction of sp³-hybridized carbons (Fsp3) is 0.429. The molecule has 0 unspecified atom stereocenters. The predicted molar refractivity (Wildman–Crippen MR) is 80.3 cm³/mol. The van der Waals surface area contributed by atoms with Crippen molar-refractivity contribution in [3.63, 3.8) is 0 Å². The lowest BCUT2D eigenvalue weighted by atomic mass is 10.3. The van der Waals surface area contributed by atoms with Crippen LogP contribution >= 0.6 is 11.6 Å². The molecule has 0 aliphatic rings. The number of rotatable bonds is 3. The minimum atomic E-state index is -0.749. The molecule has 21 heavy (non-hydrogen) atoms.